The van der Waals surface area contributed by atoms with E-state index in [1.807, 2.05) is 24.3 Å². The number of piperazine rings is 1. The van der Waals surface area contributed by atoms with Crippen molar-refractivity contribution in [1.29, 1.82) is 0 Å². The molecule has 8 heteroatoms. The molecule has 1 heterocycles. The van der Waals surface area contributed by atoms with Crippen molar-refractivity contribution in [2.24, 2.45) is 0 Å². The molecule has 1 aromatic rings. The van der Waals surface area contributed by atoms with Gasteiger partial charge >= 0.3 is 6.18 Å². The van der Waals surface area contributed by atoms with Crippen molar-refractivity contribution in [3.8, 4) is 0 Å². The summed E-state index contributed by atoms with van der Waals surface area (Å²) in [7, 11) is 0. The zero-order chi connectivity index (χ0) is 17.6. The number of nitrogens with zero attached hydrogens (tertiary/aromatic N) is 2. The fourth-order valence-electron chi connectivity index (χ4n) is 3.35. The minimum absolute atomic E-state index is 0. The Hall–Kier alpha value is -0.690. The van der Waals surface area contributed by atoms with Crippen LogP contribution in [-0.4, -0.2) is 50.3 Å². The van der Waals surface area contributed by atoms with Gasteiger partial charge in [0.1, 0.15) is 0 Å². The molecule has 0 amide bonds. The van der Waals surface area contributed by atoms with Crippen LogP contribution in [0.5, 0.6) is 0 Å². The molecule has 1 aliphatic rings. The second kappa shape index (κ2) is 11.9. The number of alkyl halides is 3. The predicted molar refractivity (Wildman–Crippen MR) is 107 cm³/mol. The lowest BCUT2D eigenvalue weighted by atomic mass is 9.99. The first-order valence-corrected chi connectivity index (χ1v) is 8.81. The van der Waals surface area contributed by atoms with Gasteiger partial charge in [-0.25, -0.2) is 0 Å². The Morgan fingerprint density at radius 3 is 2.04 bits per heavy atom. The lowest BCUT2D eigenvalue weighted by Crippen LogP contribution is -2.45. The lowest BCUT2D eigenvalue weighted by Gasteiger charge is -2.35. The van der Waals surface area contributed by atoms with Crippen LogP contribution in [0.3, 0.4) is 0 Å². The highest BCUT2D eigenvalue weighted by Gasteiger charge is 2.31. The van der Waals surface area contributed by atoms with Crippen LogP contribution in [0.15, 0.2) is 24.3 Å². The summed E-state index contributed by atoms with van der Waals surface area (Å²) in [6, 6.07) is 7.89. The Morgan fingerprint density at radius 1 is 1.04 bits per heavy atom. The molecule has 152 valence electrons. The van der Waals surface area contributed by atoms with Crippen molar-refractivity contribution < 1.29 is 13.2 Å². The van der Waals surface area contributed by atoms with Crippen LogP contribution in [0.2, 0.25) is 0 Å². The molecular weight excluding hydrogens is 386 g/mol. The second-order valence-electron chi connectivity index (χ2n) is 6.22. The minimum atomic E-state index is -4.10. The normalized spacial score (nSPS) is 16.3. The van der Waals surface area contributed by atoms with E-state index >= 15 is 0 Å². The summed E-state index contributed by atoms with van der Waals surface area (Å²) in [6.07, 6.45) is -4.72. The summed E-state index contributed by atoms with van der Waals surface area (Å²) >= 11 is 0. The van der Waals surface area contributed by atoms with Crippen LogP contribution in [0.25, 0.3) is 0 Å². The molecule has 0 spiro atoms. The number of anilines is 1. The number of hydrogen-bond donors (Lipinski definition) is 1. The van der Waals surface area contributed by atoms with Gasteiger partial charge in [-0.1, -0.05) is 12.1 Å². The van der Waals surface area contributed by atoms with Gasteiger partial charge in [-0.3, -0.25) is 4.90 Å². The van der Waals surface area contributed by atoms with Gasteiger partial charge in [-0.15, -0.1) is 24.8 Å². The monoisotopic (exact) mass is 415 g/mol. The van der Waals surface area contributed by atoms with E-state index in [1.165, 1.54) is 0 Å². The zero-order valence-corrected chi connectivity index (χ0v) is 17.0. The average molecular weight is 416 g/mol. The van der Waals surface area contributed by atoms with Gasteiger partial charge < -0.3 is 10.2 Å². The molecule has 0 aliphatic carbocycles. The van der Waals surface area contributed by atoms with E-state index in [-0.39, 0.29) is 37.3 Å². The Kier molecular flexibility index (Phi) is 11.6. The quantitative estimate of drug-likeness (QED) is 0.697. The molecular formula is C18H30Cl2F3N3. The van der Waals surface area contributed by atoms with E-state index < -0.39 is 12.6 Å². The Morgan fingerprint density at radius 2 is 1.58 bits per heavy atom. The summed E-state index contributed by atoms with van der Waals surface area (Å²) in [5.41, 5.74) is 2.11. The SMILES string of the molecule is CCN(CC)c1ccc([C@H](CCC(F)(F)F)N2CCNCC2)cc1.Cl.Cl. The summed E-state index contributed by atoms with van der Waals surface area (Å²) in [5, 5.41) is 3.26. The van der Waals surface area contributed by atoms with Crippen LogP contribution in [0, 0.1) is 0 Å². The van der Waals surface area contributed by atoms with Gasteiger partial charge in [-0.05, 0) is 38.0 Å². The summed E-state index contributed by atoms with van der Waals surface area (Å²) in [6.45, 7) is 9.30. The van der Waals surface area contributed by atoms with E-state index in [4.69, 9.17) is 0 Å². The molecule has 1 aliphatic heterocycles. The summed E-state index contributed by atoms with van der Waals surface area (Å²) in [4.78, 5) is 4.41. The number of nitrogens with one attached hydrogen (secondary N) is 1. The standard InChI is InChI=1S/C18H28F3N3.2ClH/c1-3-23(4-2)16-7-5-15(6-8-16)17(9-10-18(19,20)21)24-13-11-22-12-14-24;;/h5-8,17,22H,3-4,9-14H2,1-2H3;2*1H/t17-;;/m0../s1. The molecule has 1 aromatic carbocycles. The molecule has 1 saturated heterocycles. The van der Waals surface area contributed by atoms with Crippen LogP contribution in [0.4, 0.5) is 18.9 Å². The first-order valence-electron chi connectivity index (χ1n) is 8.81. The molecule has 3 nitrogen and oxygen atoms in total. The van der Waals surface area contributed by atoms with Gasteiger partial charge in [0.15, 0.2) is 0 Å². The van der Waals surface area contributed by atoms with Gasteiger partial charge in [0.25, 0.3) is 0 Å². The van der Waals surface area contributed by atoms with Crippen molar-refractivity contribution in [2.45, 2.75) is 38.9 Å². The van der Waals surface area contributed by atoms with Gasteiger partial charge in [0.2, 0.25) is 0 Å². The van der Waals surface area contributed by atoms with E-state index in [1.54, 1.807) is 0 Å². The highest BCUT2D eigenvalue weighted by molar-refractivity contribution is 5.85. The maximum absolute atomic E-state index is 12.7. The van der Waals surface area contributed by atoms with E-state index in [9.17, 15) is 13.2 Å². The van der Waals surface area contributed by atoms with Crippen LogP contribution in [-0.2, 0) is 0 Å². The largest absolute Gasteiger partial charge is 0.389 e. The molecule has 0 unspecified atom stereocenters. The second-order valence-corrected chi connectivity index (χ2v) is 6.22. The maximum atomic E-state index is 12.7. The van der Waals surface area contributed by atoms with E-state index in [0.717, 1.165) is 50.5 Å². The molecule has 0 bridgehead atoms. The van der Waals surface area contributed by atoms with Crippen LogP contribution in [0.1, 0.15) is 38.3 Å². The minimum Gasteiger partial charge on any atom is -0.372 e. The fraction of sp³-hybridized carbons (Fsp3) is 0.667. The molecule has 0 saturated carbocycles. The van der Waals surface area contributed by atoms with Gasteiger partial charge in [0.05, 0.1) is 0 Å². The fourth-order valence-corrected chi connectivity index (χ4v) is 3.35. The molecule has 1 fully saturated rings. The van der Waals surface area contributed by atoms with Gasteiger partial charge in [-0.2, -0.15) is 13.2 Å². The smallest absolute Gasteiger partial charge is 0.372 e. The molecule has 1 atom stereocenters. The third-order valence-electron chi connectivity index (χ3n) is 4.70. The number of rotatable bonds is 7. The first kappa shape index (κ1) is 25.3. The van der Waals surface area contributed by atoms with Crippen molar-refractivity contribution in [1.82, 2.24) is 10.2 Å². The third-order valence-corrected chi connectivity index (χ3v) is 4.70. The lowest BCUT2D eigenvalue weighted by molar-refractivity contribution is -0.138. The summed E-state index contributed by atoms with van der Waals surface area (Å²) in [5.74, 6) is 0. The Labute approximate surface area is 167 Å². The van der Waals surface area contributed by atoms with E-state index in [0.29, 0.717) is 0 Å². The average Bonchev–Trinajstić information content (AvgIpc) is 2.57. The molecule has 2 rings (SSSR count). The van der Waals surface area contributed by atoms with Crippen molar-refractivity contribution in [3.63, 3.8) is 0 Å². The summed E-state index contributed by atoms with van der Waals surface area (Å²) < 4.78 is 38.2. The maximum Gasteiger partial charge on any atom is 0.389 e. The zero-order valence-electron chi connectivity index (χ0n) is 15.4. The van der Waals surface area contributed by atoms with Crippen LogP contribution < -0.4 is 10.2 Å². The van der Waals surface area contributed by atoms with Gasteiger partial charge in [0, 0.05) is 57.4 Å². The molecule has 1 N–H and O–H groups in total. The third kappa shape index (κ3) is 7.51. The van der Waals surface area contributed by atoms with E-state index in [2.05, 4.69) is 29.0 Å². The predicted octanol–water partition coefficient (Wildman–Crippen LogP) is 4.67. The first-order chi connectivity index (χ1) is 11.4. The highest BCUT2D eigenvalue weighted by atomic mass is 35.5. The number of benzene rings is 1. The Bertz CT molecular complexity index is 487. The topological polar surface area (TPSA) is 18.5 Å². The van der Waals surface area contributed by atoms with Crippen LogP contribution >= 0.6 is 24.8 Å². The number of halogens is 5. The van der Waals surface area contributed by atoms with Crippen molar-refractivity contribution in [2.75, 3.05) is 44.2 Å². The molecule has 0 radical (unpaired) electrons. The van der Waals surface area contributed by atoms with Crippen molar-refractivity contribution >= 4 is 30.5 Å². The molecule has 26 heavy (non-hydrogen) atoms. The highest BCUT2D eigenvalue weighted by Crippen LogP contribution is 2.32. The molecule has 0 aromatic heterocycles. The van der Waals surface area contributed by atoms with Crippen molar-refractivity contribution in [3.05, 3.63) is 29.8 Å². The Balaban J connectivity index is 0.00000312. The number of hydrogen-bond acceptors (Lipinski definition) is 3.